The van der Waals surface area contributed by atoms with Crippen LogP contribution in [0.5, 0.6) is 11.5 Å². The van der Waals surface area contributed by atoms with Crippen LogP contribution in [0.15, 0.2) is 83.8 Å². The van der Waals surface area contributed by atoms with Crippen LogP contribution in [0.4, 0.5) is 5.69 Å². The SMILES string of the molecule is O=[N+]([O-])c1cc(Oc2ccccc2)ccc1CS(=O)(=O)c1ccccc1. The second-order valence-corrected chi connectivity index (χ2v) is 7.52. The van der Waals surface area contributed by atoms with Crippen LogP contribution in [0.25, 0.3) is 0 Å². The minimum atomic E-state index is -3.69. The Hall–Kier alpha value is -3.19. The van der Waals surface area contributed by atoms with E-state index in [0.717, 1.165) is 0 Å². The first kappa shape index (κ1) is 17.6. The molecule has 0 radical (unpaired) electrons. The summed E-state index contributed by atoms with van der Waals surface area (Å²) in [7, 11) is -3.69. The summed E-state index contributed by atoms with van der Waals surface area (Å²) in [5, 5.41) is 11.4. The first-order valence-corrected chi connectivity index (χ1v) is 9.39. The first-order valence-electron chi connectivity index (χ1n) is 7.74. The number of nitrogens with zero attached hydrogens (tertiary/aromatic N) is 1. The summed E-state index contributed by atoms with van der Waals surface area (Å²) >= 11 is 0. The molecule has 0 unspecified atom stereocenters. The minimum absolute atomic E-state index is 0.110. The lowest BCUT2D eigenvalue weighted by Gasteiger charge is -2.09. The molecule has 7 heteroatoms. The van der Waals surface area contributed by atoms with Gasteiger partial charge in [-0.1, -0.05) is 36.4 Å². The van der Waals surface area contributed by atoms with E-state index in [-0.39, 0.29) is 21.9 Å². The van der Waals surface area contributed by atoms with Crippen molar-refractivity contribution in [1.29, 1.82) is 0 Å². The van der Waals surface area contributed by atoms with Crippen LogP contribution in [-0.2, 0) is 15.6 Å². The molecule has 3 rings (SSSR count). The van der Waals surface area contributed by atoms with Gasteiger partial charge in [-0.3, -0.25) is 10.1 Å². The summed E-state index contributed by atoms with van der Waals surface area (Å²) in [5.74, 6) is 0.342. The number of para-hydroxylation sites is 1. The van der Waals surface area contributed by atoms with Gasteiger partial charge in [0.15, 0.2) is 9.84 Å². The summed E-state index contributed by atoms with van der Waals surface area (Å²) in [4.78, 5) is 10.9. The number of rotatable bonds is 6. The van der Waals surface area contributed by atoms with E-state index in [4.69, 9.17) is 4.74 Å². The molecular weight excluding hydrogens is 354 g/mol. The number of hydrogen-bond donors (Lipinski definition) is 0. The molecule has 3 aromatic carbocycles. The van der Waals surface area contributed by atoms with Crippen molar-refractivity contribution >= 4 is 15.5 Å². The molecule has 26 heavy (non-hydrogen) atoms. The molecule has 0 aromatic heterocycles. The van der Waals surface area contributed by atoms with E-state index in [1.54, 1.807) is 42.5 Å². The average molecular weight is 369 g/mol. The standard InChI is InChI=1S/C19H15NO5S/c21-20(22)19-13-17(25-16-7-3-1-4-8-16)12-11-15(19)14-26(23,24)18-9-5-2-6-10-18/h1-13H,14H2. The predicted molar refractivity (Wildman–Crippen MR) is 96.9 cm³/mol. The Kier molecular flexibility index (Phi) is 4.99. The lowest BCUT2D eigenvalue weighted by Crippen LogP contribution is -2.07. The smallest absolute Gasteiger partial charge is 0.277 e. The zero-order valence-electron chi connectivity index (χ0n) is 13.6. The molecule has 0 aliphatic carbocycles. The van der Waals surface area contributed by atoms with E-state index in [1.165, 1.54) is 30.3 Å². The van der Waals surface area contributed by atoms with E-state index in [0.29, 0.717) is 5.75 Å². The molecule has 0 aliphatic rings. The van der Waals surface area contributed by atoms with Crippen molar-refractivity contribution in [2.75, 3.05) is 0 Å². The van der Waals surface area contributed by atoms with Crippen molar-refractivity contribution < 1.29 is 18.1 Å². The molecule has 0 saturated carbocycles. The highest BCUT2D eigenvalue weighted by Crippen LogP contribution is 2.30. The van der Waals surface area contributed by atoms with Gasteiger partial charge in [-0.15, -0.1) is 0 Å². The van der Waals surface area contributed by atoms with Gasteiger partial charge >= 0.3 is 0 Å². The van der Waals surface area contributed by atoms with Gasteiger partial charge in [-0.05, 0) is 36.4 Å². The first-order chi connectivity index (χ1) is 12.5. The number of ether oxygens (including phenoxy) is 1. The predicted octanol–water partition coefficient (Wildman–Crippen LogP) is 4.36. The number of hydrogen-bond acceptors (Lipinski definition) is 5. The highest BCUT2D eigenvalue weighted by Gasteiger charge is 2.22. The lowest BCUT2D eigenvalue weighted by atomic mass is 10.2. The summed E-state index contributed by atoms with van der Waals surface area (Å²) in [6.45, 7) is 0. The molecule has 0 bridgehead atoms. The van der Waals surface area contributed by atoms with Gasteiger partial charge < -0.3 is 4.74 Å². The molecule has 6 nitrogen and oxygen atoms in total. The zero-order valence-corrected chi connectivity index (χ0v) is 14.4. The van der Waals surface area contributed by atoms with Crippen LogP contribution in [0.1, 0.15) is 5.56 Å². The highest BCUT2D eigenvalue weighted by atomic mass is 32.2. The van der Waals surface area contributed by atoms with E-state index >= 15 is 0 Å². The van der Waals surface area contributed by atoms with E-state index in [2.05, 4.69) is 0 Å². The molecule has 0 amide bonds. The summed E-state index contributed by atoms with van der Waals surface area (Å²) in [6, 6.07) is 20.9. The highest BCUT2D eigenvalue weighted by molar-refractivity contribution is 7.90. The van der Waals surface area contributed by atoms with Crippen molar-refractivity contribution in [3.05, 3.63) is 94.5 Å². The average Bonchev–Trinajstić information content (AvgIpc) is 2.64. The maximum absolute atomic E-state index is 12.5. The quantitative estimate of drug-likeness (QED) is 0.476. The second-order valence-electron chi connectivity index (χ2n) is 5.53. The fourth-order valence-electron chi connectivity index (χ4n) is 2.44. The van der Waals surface area contributed by atoms with Gasteiger partial charge in [0.2, 0.25) is 0 Å². The van der Waals surface area contributed by atoms with Crippen LogP contribution in [0.2, 0.25) is 0 Å². The van der Waals surface area contributed by atoms with E-state index in [1.807, 2.05) is 6.07 Å². The van der Waals surface area contributed by atoms with Crippen molar-refractivity contribution in [2.24, 2.45) is 0 Å². The monoisotopic (exact) mass is 369 g/mol. The minimum Gasteiger partial charge on any atom is -0.457 e. The Labute approximate surface area is 150 Å². The molecule has 0 saturated heterocycles. The number of sulfone groups is 1. The number of nitro benzene ring substituents is 1. The second kappa shape index (κ2) is 7.37. The van der Waals surface area contributed by atoms with Crippen molar-refractivity contribution in [3.63, 3.8) is 0 Å². The molecule has 0 atom stereocenters. The van der Waals surface area contributed by atoms with Crippen LogP contribution < -0.4 is 4.74 Å². The van der Waals surface area contributed by atoms with Crippen LogP contribution >= 0.6 is 0 Å². The van der Waals surface area contributed by atoms with Crippen molar-refractivity contribution in [2.45, 2.75) is 10.6 Å². The topological polar surface area (TPSA) is 86.5 Å². The molecule has 3 aromatic rings. The van der Waals surface area contributed by atoms with E-state index < -0.39 is 20.5 Å². The lowest BCUT2D eigenvalue weighted by molar-refractivity contribution is -0.385. The van der Waals surface area contributed by atoms with E-state index in [9.17, 15) is 18.5 Å². The third-order valence-electron chi connectivity index (χ3n) is 3.68. The Bertz CT molecular complexity index is 1020. The van der Waals surface area contributed by atoms with Crippen LogP contribution in [0.3, 0.4) is 0 Å². The molecule has 0 aliphatic heterocycles. The van der Waals surface area contributed by atoms with Gasteiger partial charge in [-0.25, -0.2) is 8.42 Å². The summed E-state index contributed by atoms with van der Waals surface area (Å²) in [6.07, 6.45) is 0. The fourth-order valence-corrected chi connectivity index (χ4v) is 3.83. The Balaban J connectivity index is 1.91. The maximum Gasteiger partial charge on any atom is 0.277 e. The molecule has 0 fully saturated rings. The van der Waals surface area contributed by atoms with Gasteiger partial charge in [-0.2, -0.15) is 0 Å². The fraction of sp³-hybridized carbons (Fsp3) is 0.0526. The molecule has 0 heterocycles. The number of nitro groups is 1. The summed E-state index contributed by atoms with van der Waals surface area (Å²) < 4.78 is 30.6. The third kappa shape index (κ3) is 4.07. The number of benzene rings is 3. The maximum atomic E-state index is 12.5. The van der Waals surface area contributed by atoms with Crippen LogP contribution in [-0.4, -0.2) is 13.3 Å². The normalized spacial score (nSPS) is 11.1. The third-order valence-corrected chi connectivity index (χ3v) is 5.36. The van der Waals surface area contributed by atoms with Gasteiger partial charge in [0.05, 0.1) is 21.6 Å². The van der Waals surface area contributed by atoms with Crippen molar-refractivity contribution in [1.82, 2.24) is 0 Å². The van der Waals surface area contributed by atoms with Crippen molar-refractivity contribution in [3.8, 4) is 11.5 Å². The Morgan fingerprint density at radius 2 is 1.46 bits per heavy atom. The van der Waals surface area contributed by atoms with Crippen LogP contribution in [0, 0.1) is 10.1 Å². The molecule has 0 N–H and O–H groups in total. The van der Waals surface area contributed by atoms with Gasteiger partial charge in [0, 0.05) is 5.56 Å². The molecule has 0 spiro atoms. The summed E-state index contributed by atoms with van der Waals surface area (Å²) in [5.41, 5.74) is -0.183. The molecule has 132 valence electrons. The zero-order chi connectivity index (χ0) is 18.6. The largest absolute Gasteiger partial charge is 0.457 e. The Morgan fingerprint density at radius 3 is 2.08 bits per heavy atom. The Morgan fingerprint density at radius 1 is 0.846 bits per heavy atom. The van der Waals surface area contributed by atoms with Gasteiger partial charge in [0.1, 0.15) is 11.5 Å². The van der Waals surface area contributed by atoms with Gasteiger partial charge in [0.25, 0.3) is 5.69 Å². The molecular formula is C19H15NO5S.